The molecule has 9 heteroatoms. The van der Waals surface area contributed by atoms with Crippen LogP contribution in [-0.2, 0) is 12.8 Å². The van der Waals surface area contributed by atoms with Crippen LogP contribution < -0.4 is 16.0 Å². The average molecular weight is 422 g/mol. The Morgan fingerprint density at radius 2 is 2.03 bits per heavy atom. The van der Waals surface area contributed by atoms with Gasteiger partial charge in [0.1, 0.15) is 5.69 Å². The lowest BCUT2D eigenvalue weighted by Crippen LogP contribution is -2.38. The summed E-state index contributed by atoms with van der Waals surface area (Å²) in [5.41, 5.74) is 2.39. The van der Waals surface area contributed by atoms with Crippen LogP contribution in [0.25, 0.3) is 11.6 Å². The van der Waals surface area contributed by atoms with Crippen molar-refractivity contribution in [1.82, 2.24) is 31.1 Å². The number of hydrogen-bond acceptors (Lipinski definition) is 6. The Morgan fingerprint density at radius 3 is 2.81 bits per heavy atom. The SMILES string of the molecule is CCNC(=NCCc1noc(-c2ccccn2)n1)NCCc1cccc(C(=O)NC)c1. The smallest absolute Gasteiger partial charge is 0.276 e. The van der Waals surface area contributed by atoms with Crippen LogP contribution in [0.4, 0.5) is 0 Å². The highest BCUT2D eigenvalue weighted by atomic mass is 16.5. The lowest BCUT2D eigenvalue weighted by atomic mass is 10.1. The largest absolute Gasteiger partial charge is 0.357 e. The van der Waals surface area contributed by atoms with E-state index >= 15 is 0 Å². The molecule has 2 heterocycles. The number of hydrogen-bond donors (Lipinski definition) is 3. The summed E-state index contributed by atoms with van der Waals surface area (Å²) in [6.07, 6.45) is 3.02. The summed E-state index contributed by atoms with van der Waals surface area (Å²) in [7, 11) is 1.63. The number of pyridine rings is 1. The summed E-state index contributed by atoms with van der Waals surface area (Å²) in [5.74, 6) is 1.63. The van der Waals surface area contributed by atoms with Crippen molar-refractivity contribution in [2.45, 2.75) is 19.8 Å². The van der Waals surface area contributed by atoms with Gasteiger partial charge >= 0.3 is 0 Å². The molecular formula is C22H27N7O2. The monoisotopic (exact) mass is 421 g/mol. The van der Waals surface area contributed by atoms with E-state index in [1.54, 1.807) is 19.3 Å². The zero-order valence-electron chi connectivity index (χ0n) is 17.8. The maximum Gasteiger partial charge on any atom is 0.276 e. The van der Waals surface area contributed by atoms with Gasteiger partial charge in [-0.1, -0.05) is 23.4 Å². The second-order valence-electron chi connectivity index (χ2n) is 6.70. The van der Waals surface area contributed by atoms with E-state index in [4.69, 9.17) is 4.52 Å². The summed E-state index contributed by atoms with van der Waals surface area (Å²) >= 11 is 0. The standard InChI is InChI=1S/C22H27N7O2/c1-3-24-22(26-13-10-16-7-6-8-17(15-16)20(30)23-2)27-14-11-19-28-21(31-29-19)18-9-4-5-12-25-18/h4-9,12,15H,3,10-11,13-14H2,1-2H3,(H,23,30)(H2,24,26,27). The van der Waals surface area contributed by atoms with Gasteiger partial charge in [-0.3, -0.25) is 14.8 Å². The molecule has 162 valence electrons. The Labute approximate surface area is 181 Å². The average Bonchev–Trinajstić information content (AvgIpc) is 3.28. The quantitative estimate of drug-likeness (QED) is 0.356. The van der Waals surface area contributed by atoms with Crippen molar-refractivity contribution < 1.29 is 9.32 Å². The second kappa shape index (κ2) is 11.4. The van der Waals surface area contributed by atoms with Crippen molar-refractivity contribution in [2.24, 2.45) is 4.99 Å². The first kappa shape index (κ1) is 21.9. The number of amides is 1. The third-order valence-corrected chi connectivity index (χ3v) is 4.42. The Morgan fingerprint density at radius 1 is 1.13 bits per heavy atom. The van der Waals surface area contributed by atoms with Crippen LogP contribution in [0.15, 0.2) is 58.2 Å². The van der Waals surface area contributed by atoms with Gasteiger partial charge in [-0.25, -0.2) is 0 Å². The molecule has 0 atom stereocenters. The maximum atomic E-state index is 11.8. The molecule has 0 bridgehead atoms. The van der Waals surface area contributed by atoms with Gasteiger partial charge in [-0.15, -0.1) is 0 Å². The molecule has 1 amide bonds. The minimum absolute atomic E-state index is 0.0858. The van der Waals surface area contributed by atoms with E-state index in [9.17, 15) is 4.79 Å². The van der Waals surface area contributed by atoms with Crippen molar-refractivity contribution >= 4 is 11.9 Å². The highest BCUT2D eigenvalue weighted by Gasteiger charge is 2.09. The van der Waals surface area contributed by atoms with Gasteiger partial charge in [0.15, 0.2) is 11.8 Å². The minimum atomic E-state index is -0.0858. The van der Waals surface area contributed by atoms with Gasteiger partial charge in [0.25, 0.3) is 11.8 Å². The number of aliphatic imine (C=N–C) groups is 1. The predicted molar refractivity (Wildman–Crippen MR) is 119 cm³/mol. The normalized spacial score (nSPS) is 11.2. The molecule has 0 aliphatic heterocycles. The van der Waals surface area contributed by atoms with Crippen LogP contribution in [0.5, 0.6) is 0 Å². The lowest BCUT2D eigenvalue weighted by molar-refractivity contribution is 0.0963. The Bertz CT molecular complexity index is 1000. The molecule has 2 aromatic heterocycles. The number of nitrogens with one attached hydrogen (secondary N) is 3. The molecule has 0 unspecified atom stereocenters. The van der Waals surface area contributed by atoms with Crippen LogP contribution in [-0.4, -0.2) is 53.7 Å². The van der Waals surface area contributed by atoms with E-state index in [-0.39, 0.29) is 5.91 Å². The second-order valence-corrected chi connectivity index (χ2v) is 6.70. The Hall–Kier alpha value is -3.75. The third-order valence-electron chi connectivity index (χ3n) is 4.42. The third kappa shape index (κ3) is 6.63. The molecule has 0 spiro atoms. The van der Waals surface area contributed by atoms with Crippen molar-refractivity contribution in [1.29, 1.82) is 0 Å². The topological polar surface area (TPSA) is 117 Å². The number of carbonyl (C=O) groups is 1. The van der Waals surface area contributed by atoms with Crippen molar-refractivity contribution in [3.63, 3.8) is 0 Å². The molecule has 3 rings (SSSR count). The molecule has 9 nitrogen and oxygen atoms in total. The summed E-state index contributed by atoms with van der Waals surface area (Å²) in [6.45, 7) is 3.98. The Kier molecular flexibility index (Phi) is 8.10. The number of guanidine groups is 1. The molecule has 3 N–H and O–H groups in total. The molecule has 0 saturated carbocycles. The Balaban J connectivity index is 1.50. The number of carbonyl (C=O) groups excluding carboxylic acids is 1. The molecule has 0 saturated heterocycles. The van der Waals surface area contributed by atoms with Gasteiger partial charge in [0.2, 0.25) is 0 Å². The van der Waals surface area contributed by atoms with Gasteiger partial charge in [-0.2, -0.15) is 4.98 Å². The predicted octanol–water partition coefficient (Wildman–Crippen LogP) is 1.83. The van der Waals surface area contributed by atoms with E-state index in [0.717, 1.165) is 24.5 Å². The van der Waals surface area contributed by atoms with Crippen molar-refractivity contribution in [3.05, 3.63) is 65.6 Å². The molecule has 0 radical (unpaired) electrons. The summed E-state index contributed by atoms with van der Waals surface area (Å²) in [4.78, 5) is 24.9. The fourth-order valence-electron chi connectivity index (χ4n) is 2.90. The molecule has 0 aliphatic carbocycles. The molecule has 31 heavy (non-hydrogen) atoms. The van der Waals surface area contributed by atoms with Gasteiger partial charge < -0.3 is 20.5 Å². The number of rotatable bonds is 9. The number of aromatic nitrogens is 3. The van der Waals surface area contributed by atoms with Crippen LogP contribution in [0.2, 0.25) is 0 Å². The molecule has 0 aliphatic rings. The summed E-state index contributed by atoms with van der Waals surface area (Å²) in [6, 6.07) is 13.1. The zero-order valence-corrected chi connectivity index (χ0v) is 17.8. The molecular weight excluding hydrogens is 394 g/mol. The first-order chi connectivity index (χ1) is 15.2. The van der Waals surface area contributed by atoms with E-state index in [1.807, 2.05) is 43.3 Å². The van der Waals surface area contributed by atoms with Crippen molar-refractivity contribution in [2.75, 3.05) is 26.7 Å². The lowest BCUT2D eigenvalue weighted by Gasteiger charge is -2.11. The van der Waals surface area contributed by atoms with Gasteiger partial charge in [0, 0.05) is 44.9 Å². The van der Waals surface area contributed by atoms with Gasteiger partial charge in [-0.05, 0) is 43.2 Å². The van der Waals surface area contributed by atoms with Gasteiger partial charge in [0.05, 0.1) is 0 Å². The summed E-state index contributed by atoms with van der Waals surface area (Å²) in [5, 5.41) is 13.2. The van der Waals surface area contributed by atoms with E-state index in [2.05, 4.69) is 36.1 Å². The maximum absolute atomic E-state index is 11.8. The van der Waals surface area contributed by atoms with Crippen molar-refractivity contribution in [3.8, 4) is 11.6 Å². The molecule has 3 aromatic rings. The molecule has 1 aromatic carbocycles. The van der Waals surface area contributed by atoms with E-state index in [0.29, 0.717) is 42.5 Å². The fraction of sp³-hybridized carbons (Fsp3) is 0.318. The van der Waals surface area contributed by atoms with E-state index in [1.165, 1.54) is 0 Å². The molecule has 0 fully saturated rings. The van der Waals surface area contributed by atoms with Crippen LogP contribution in [0.3, 0.4) is 0 Å². The number of nitrogens with zero attached hydrogens (tertiary/aromatic N) is 4. The van der Waals surface area contributed by atoms with E-state index < -0.39 is 0 Å². The fourth-order valence-corrected chi connectivity index (χ4v) is 2.90. The first-order valence-electron chi connectivity index (χ1n) is 10.3. The van der Waals surface area contributed by atoms with Crippen LogP contribution in [0.1, 0.15) is 28.7 Å². The highest BCUT2D eigenvalue weighted by molar-refractivity contribution is 5.94. The first-order valence-corrected chi connectivity index (χ1v) is 10.3. The summed E-state index contributed by atoms with van der Waals surface area (Å²) < 4.78 is 5.27. The highest BCUT2D eigenvalue weighted by Crippen LogP contribution is 2.13. The zero-order chi connectivity index (χ0) is 21.9. The minimum Gasteiger partial charge on any atom is -0.357 e. The number of benzene rings is 1. The van der Waals surface area contributed by atoms with Crippen LogP contribution >= 0.6 is 0 Å². The van der Waals surface area contributed by atoms with Crippen LogP contribution in [0, 0.1) is 0 Å².